The highest BCUT2D eigenvalue weighted by Crippen LogP contribution is 2.26. The zero-order valence-electron chi connectivity index (χ0n) is 15.9. The fraction of sp³-hybridized carbons (Fsp3) is 0.217. The molecule has 1 aliphatic rings. The summed E-state index contributed by atoms with van der Waals surface area (Å²) in [6, 6.07) is 17.4. The lowest BCUT2D eigenvalue weighted by Crippen LogP contribution is -2.37. The fourth-order valence-corrected chi connectivity index (χ4v) is 3.59. The average Bonchev–Trinajstić information content (AvgIpc) is 3.11. The molecule has 4 rings (SSSR count). The van der Waals surface area contributed by atoms with Gasteiger partial charge in [-0.15, -0.1) is 0 Å². The second kappa shape index (κ2) is 8.31. The quantitative estimate of drug-likeness (QED) is 0.675. The van der Waals surface area contributed by atoms with E-state index in [1.54, 1.807) is 28.0 Å². The summed E-state index contributed by atoms with van der Waals surface area (Å²) in [4.78, 5) is 29.1. The molecule has 0 N–H and O–H groups in total. The third-order valence-corrected chi connectivity index (χ3v) is 5.12. The first kappa shape index (κ1) is 18.9. The molecule has 0 aliphatic carbocycles. The molecule has 1 aromatic heterocycles. The van der Waals surface area contributed by atoms with E-state index in [9.17, 15) is 14.0 Å². The van der Waals surface area contributed by atoms with Crippen LogP contribution in [0.5, 0.6) is 0 Å². The van der Waals surface area contributed by atoms with Crippen LogP contribution in [-0.4, -0.2) is 47.8 Å². The molecule has 1 fully saturated rings. The maximum absolute atomic E-state index is 14.0. The number of nitrogens with zero attached hydrogens (tertiary/aromatic N) is 2. The van der Waals surface area contributed by atoms with Crippen molar-refractivity contribution in [3.63, 3.8) is 0 Å². The second-order valence-corrected chi connectivity index (χ2v) is 6.95. The lowest BCUT2D eigenvalue weighted by molar-refractivity contribution is 0.0699. The molecule has 2 aromatic carbocycles. The summed E-state index contributed by atoms with van der Waals surface area (Å²) in [5.74, 6) is -0.780. The van der Waals surface area contributed by atoms with Crippen molar-refractivity contribution in [3.05, 3.63) is 84.1 Å². The number of amides is 2. The van der Waals surface area contributed by atoms with Crippen LogP contribution in [0.15, 0.2) is 71.3 Å². The minimum atomic E-state index is -0.530. The normalized spacial score (nSPS) is 14.5. The molecule has 0 atom stereocenters. The molecule has 0 unspecified atom stereocenters. The molecule has 0 bridgehead atoms. The molecule has 1 saturated heterocycles. The minimum Gasteiger partial charge on any atom is -0.459 e. The lowest BCUT2D eigenvalue weighted by atomic mass is 10.1. The van der Waals surface area contributed by atoms with Crippen LogP contribution in [0, 0.1) is 5.82 Å². The summed E-state index contributed by atoms with van der Waals surface area (Å²) in [5, 5.41) is 0. The molecule has 2 amide bonds. The molecule has 1 aliphatic heterocycles. The molecule has 29 heavy (non-hydrogen) atoms. The second-order valence-electron chi connectivity index (χ2n) is 6.95. The monoisotopic (exact) mass is 392 g/mol. The molecule has 0 spiro atoms. The summed E-state index contributed by atoms with van der Waals surface area (Å²) >= 11 is 0. The van der Waals surface area contributed by atoms with Crippen molar-refractivity contribution in [1.82, 2.24) is 9.80 Å². The van der Waals surface area contributed by atoms with Crippen LogP contribution >= 0.6 is 0 Å². The molecule has 0 saturated carbocycles. The first-order chi connectivity index (χ1) is 14.1. The van der Waals surface area contributed by atoms with Gasteiger partial charge in [0, 0.05) is 31.7 Å². The van der Waals surface area contributed by atoms with Crippen LogP contribution < -0.4 is 0 Å². The van der Waals surface area contributed by atoms with E-state index in [2.05, 4.69) is 0 Å². The Morgan fingerprint density at radius 2 is 1.45 bits per heavy atom. The SMILES string of the molecule is O=C(c1ccccc1F)N1CCCN(C(=O)c2occc2-c2ccccc2)CC1. The topological polar surface area (TPSA) is 53.8 Å². The van der Waals surface area contributed by atoms with E-state index < -0.39 is 5.82 Å². The minimum absolute atomic E-state index is 0.0599. The van der Waals surface area contributed by atoms with Crippen molar-refractivity contribution in [2.45, 2.75) is 6.42 Å². The van der Waals surface area contributed by atoms with Crippen LogP contribution in [0.3, 0.4) is 0 Å². The Hall–Kier alpha value is -3.41. The largest absolute Gasteiger partial charge is 0.459 e. The first-order valence-corrected chi connectivity index (χ1v) is 9.61. The van der Waals surface area contributed by atoms with Gasteiger partial charge in [-0.05, 0) is 30.2 Å². The zero-order chi connectivity index (χ0) is 20.2. The Labute approximate surface area is 168 Å². The molecule has 148 valence electrons. The number of benzene rings is 2. The predicted molar refractivity (Wildman–Crippen MR) is 107 cm³/mol. The average molecular weight is 392 g/mol. The maximum atomic E-state index is 14.0. The number of carbonyl (C=O) groups is 2. The highest BCUT2D eigenvalue weighted by atomic mass is 19.1. The Balaban J connectivity index is 1.48. The smallest absolute Gasteiger partial charge is 0.290 e. The van der Waals surface area contributed by atoms with Gasteiger partial charge in [0.15, 0.2) is 5.76 Å². The van der Waals surface area contributed by atoms with E-state index in [1.165, 1.54) is 18.4 Å². The van der Waals surface area contributed by atoms with Gasteiger partial charge >= 0.3 is 0 Å². The summed E-state index contributed by atoms with van der Waals surface area (Å²) in [7, 11) is 0. The first-order valence-electron chi connectivity index (χ1n) is 9.61. The van der Waals surface area contributed by atoms with E-state index in [0.717, 1.165) is 11.1 Å². The highest BCUT2D eigenvalue weighted by molar-refractivity contribution is 5.98. The van der Waals surface area contributed by atoms with Crippen molar-refractivity contribution in [2.24, 2.45) is 0 Å². The Morgan fingerprint density at radius 3 is 2.17 bits per heavy atom. The van der Waals surface area contributed by atoms with Gasteiger partial charge in [0.2, 0.25) is 0 Å². The van der Waals surface area contributed by atoms with Gasteiger partial charge in [-0.1, -0.05) is 42.5 Å². The third-order valence-electron chi connectivity index (χ3n) is 5.12. The Bertz CT molecular complexity index is 1020. The van der Waals surface area contributed by atoms with E-state index in [4.69, 9.17) is 4.42 Å². The van der Waals surface area contributed by atoms with Crippen molar-refractivity contribution >= 4 is 11.8 Å². The number of halogens is 1. The number of furan rings is 1. The van der Waals surface area contributed by atoms with Gasteiger partial charge in [0.25, 0.3) is 11.8 Å². The third kappa shape index (κ3) is 3.92. The summed E-state index contributed by atoms with van der Waals surface area (Å²) < 4.78 is 19.5. The van der Waals surface area contributed by atoms with E-state index in [-0.39, 0.29) is 17.4 Å². The molecule has 2 heterocycles. The van der Waals surface area contributed by atoms with Crippen LogP contribution in [-0.2, 0) is 0 Å². The summed E-state index contributed by atoms with van der Waals surface area (Å²) in [6.45, 7) is 1.70. The molecule has 3 aromatic rings. The number of carbonyl (C=O) groups excluding carboxylic acids is 2. The number of hydrogen-bond acceptors (Lipinski definition) is 3. The van der Waals surface area contributed by atoms with Crippen LogP contribution in [0.1, 0.15) is 27.3 Å². The standard InChI is InChI=1S/C23H21FN2O3/c24-20-10-5-4-9-19(20)22(27)25-12-6-13-26(15-14-25)23(28)21-18(11-16-29-21)17-7-2-1-3-8-17/h1-5,7-11,16H,6,12-15H2. The van der Waals surface area contributed by atoms with Gasteiger partial charge in [0.1, 0.15) is 5.82 Å². The van der Waals surface area contributed by atoms with Gasteiger partial charge in [-0.25, -0.2) is 4.39 Å². The van der Waals surface area contributed by atoms with E-state index in [1.807, 2.05) is 30.3 Å². The molecular weight excluding hydrogens is 371 g/mol. The number of hydrogen-bond donors (Lipinski definition) is 0. The van der Waals surface area contributed by atoms with Gasteiger partial charge in [-0.3, -0.25) is 9.59 Å². The maximum Gasteiger partial charge on any atom is 0.290 e. The van der Waals surface area contributed by atoms with Crippen molar-refractivity contribution in [2.75, 3.05) is 26.2 Å². The highest BCUT2D eigenvalue weighted by Gasteiger charge is 2.27. The predicted octanol–water partition coefficient (Wildman–Crippen LogP) is 4.07. The summed E-state index contributed by atoms with van der Waals surface area (Å²) in [6.07, 6.45) is 2.13. The lowest BCUT2D eigenvalue weighted by Gasteiger charge is -2.22. The van der Waals surface area contributed by atoms with Crippen LogP contribution in [0.25, 0.3) is 11.1 Å². The van der Waals surface area contributed by atoms with Gasteiger partial charge in [0.05, 0.1) is 11.8 Å². The van der Waals surface area contributed by atoms with E-state index in [0.29, 0.717) is 38.4 Å². The van der Waals surface area contributed by atoms with Crippen LogP contribution in [0.2, 0.25) is 0 Å². The Morgan fingerprint density at radius 1 is 0.793 bits per heavy atom. The van der Waals surface area contributed by atoms with Gasteiger partial charge < -0.3 is 14.2 Å². The molecule has 5 nitrogen and oxygen atoms in total. The zero-order valence-corrected chi connectivity index (χ0v) is 15.9. The molecule has 6 heteroatoms. The fourth-order valence-electron chi connectivity index (χ4n) is 3.59. The van der Waals surface area contributed by atoms with Crippen molar-refractivity contribution in [1.29, 1.82) is 0 Å². The molecular formula is C23H21FN2O3. The van der Waals surface area contributed by atoms with Crippen molar-refractivity contribution in [3.8, 4) is 11.1 Å². The van der Waals surface area contributed by atoms with E-state index >= 15 is 0 Å². The van der Waals surface area contributed by atoms with Crippen LogP contribution in [0.4, 0.5) is 4.39 Å². The molecule has 0 radical (unpaired) electrons. The van der Waals surface area contributed by atoms with Crippen molar-refractivity contribution < 1.29 is 18.4 Å². The van der Waals surface area contributed by atoms with Gasteiger partial charge in [-0.2, -0.15) is 0 Å². The Kier molecular flexibility index (Phi) is 5.42. The summed E-state index contributed by atoms with van der Waals surface area (Å²) in [5.41, 5.74) is 1.72. The number of rotatable bonds is 3.